The molecule has 1 heterocycles. The van der Waals surface area contributed by atoms with Crippen LogP contribution in [0.3, 0.4) is 0 Å². The molecule has 15 heavy (non-hydrogen) atoms. The van der Waals surface area contributed by atoms with Gasteiger partial charge in [0.15, 0.2) is 0 Å². The first-order chi connectivity index (χ1) is 7.00. The summed E-state index contributed by atoms with van der Waals surface area (Å²) in [6.45, 7) is 2.72. The van der Waals surface area contributed by atoms with Gasteiger partial charge < -0.3 is 9.64 Å². The average Bonchev–Trinajstić information content (AvgIpc) is 2.19. The summed E-state index contributed by atoms with van der Waals surface area (Å²) in [4.78, 5) is 6.08. The second kappa shape index (κ2) is 5.68. The first-order valence-electron chi connectivity index (χ1n) is 4.61. The Labute approximate surface area is 104 Å². The van der Waals surface area contributed by atoms with Gasteiger partial charge >= 0.3 is 0 Å². The Morgan fingerprint density at radius 2 is 2.27 bits per heavy atom. The van der Waals surface area contributed by atoms with E-state index < -0.39 is 0 Å². The van der Waals surface area contributed by atoms with Crippen LogP contribution in [0.25, 0.3) is 0 Å². The summed E-state index contributed by atoms with van der Waals surface area (Å²) in [7, 11) is 4.04. The third kappa shape index (κ3) is 3.97. The number of pyridine rings is 1. The van der Waals surface area contributed by atoms with Crippen molar-refractivity contribution < 1.29 is 4.74 Å². The van der Waals surface area contributed by atoms with Crippen molar-refractivity contribution in [1.82, 2.24) is 9.88 Å². The number of hydrogen-bond acceptors (Lipinski definition) is 3. The van der Waals surface area contributed by atoms with Gasteiger partial charge in [-0.05, 0) is 43.0 Å². The summed E-state index contributed by atoms with van der Waals surface area (Å²) in [5, 5.41) is 0.447. The van der Waals surface area contributed by atoms with E-state index in [0.717, 1.165) is 10.2 Å². The van der Waals surface area contributed by atoms with Crippen LogP contribution in [0.5, 0.6) is 5.75 Å². The Hall–Kier alpha value is -0.320. The van der Waals surface area contributed by atoms with Gasteiger partial charge in [-0.2, -0.15) is 0 Å². The molecule has 0 bridgehead atoms. The molecule has 0 fully saturated rings. The Kier molecular flexibility index (Phi) is 4.83. The van der Waals surface area contributed by atoms with E-state index in [1.165, 1.54) is 0 Å². The molecule has 0 aliphatic carbocycles. The minimum Gasteiger partial charge on any atom is -0.490 e. The molecule has 3 nitrogen and oxygen atoms in total. The van der Waals surface area contributed by atoms with E-state index in [2.05, 4.69) is 32.7 Å². The lowest BCUT2D eigenvalue weighted by Gasteiger charge is -2.19. The number of hydrogen-bond donors (Lipinski definition) is 0. The van der Waals surface area contributed by atoms with Crippen LogP contribution in [-0.4, -0.2) is 36.6 Å². The molecule has 1 aromatic heterocycles. The van der Waals surface area contributed by atoms with Crippen LogP contribution in [0, 0.1) is 0 Å². The molecule has 0 amide bonds. The smallest absolute Gasteiger partial charge is 0.143 e. The fourth-order valence-electron chi connectivity index (χ4n) is 0.849. The highest BCUT2D eigenvalue weighted by Gasteiger charge is 2.06. The Bertz CT molecular complexity index is 333. The number of halogens is 2. The van der Waals surface area contributed by atoms with E-state index in [1.807, 2.05) is 20.2 Å². The molecule has 0 radical (unpaired) electrons. The van der Waals surface area contributed by atoms with Gasteiger partial charge in [0.1, 0.15) is 17.5 Å². The lowest BCUT2D eigenvalue weighted by molar-refractivity contribution is 0.198. The van der Waals surface area contributed by atoms with Crippen LogP contribution < -0.4 is 4.74 Å². The molecule has 1 atom stereocenters. The van der Waals surface area contributed by atoms with Crippen LogP contribution in [-0.2, 0) is 0 Å². The van der Waals surface area contributed by atoms with E-state index in [-0.39, 0.29) is 0 Å². The zero-order chi connectivity index (χ0) is 11.4. The lowest BCUT2D eigenvalue weighted by atomic mass is 10.3. The molecular weight excluding hydrogens is 279 g/mol. The summed E-state index contributed by atoms with van der Waals surface area (Å²) < 4.78 is 6.32. The van der Waals surface area contributed by atoms with E-state index in [0.29, 0.717) is 17.8 Å². The molecule has 0 N–H and O–H groups in total. The zero-order valence-corrected chi connectivity index (χ0v) is 11.3. The predicted octanol–water partition coefficient (Wildman–Crippen LogP) is 2.83. The van der Waals surface area contributed by atoms with E-state index in [9.17, 15) is 0 Å². The molecule has 0 spiro atoms. The Morgan fingerprint density at radius 1 is 1.60 bits per heavy atom. The maximum Gasteiger partial charge on any atom is 0.143 e. The molecule has 5 heteroatoms. The Morgan fingerprint density at radius 3 is 2.80 bits per heavy atom. The summed E-state index contributed by atoms with van der Waals surface area (Å²) >= 11 is 9.07. The molecule has 1 rings (SSSR count). The van der Waals surface area contributed by atoms with Crippen molar-refractivity contribution in [2.75, 3.05) is 20.7 Å². The number of rotatable bonds is 4. The third-order valence-electron chi connectivity index (χ3n) is 2.14. The second-order valence-electron chi connectivity index (χ2n) is 3.57. The van der Waals surface area contributed by atoms with Gasteiger partial charge in [0.25, 0.3) is 0 Å². The van der Waals surface area contributed by atoms with Gasteiger partial charge in [0.05, 0.1) is 10.7 Å². The van der Waals surface area contributed by atoms with Gasteiger partial charge in [-0.25, -0.2) is 4.98 Å². The van der Waals surface area contributed by atoms with E-state index in [1.54, 1.807) is 6.20 Å². The van der Waals surface area contributed by atoms with Gasteiger partial charge in [0, 0.05) is 6.04 Å². The van der Waals surface area contributed by atoms with Crippen LogP contribution in [0.4, 0.5) is 0 Å². The molecule has 0 saturated heterocycles. The third-order valence-corrected chi connectivity index (χ3v) is 3.28. The normalized spacial score (nSPS) is 12.9. The largest absolute Gasteiger partial charge is 0.490 e. The topological polar surface area (TPSA) is 25.4 Å². The van der Waals surface area contributed by atoms with Crippen molar-refractivity contribution >= 4 is 27.5 Å². The fraction of sp³-hybridized carbons (Fsp3) is 0.500. The second-order valence-corrected chi connectivity index (χ2v) is 4.78. The quantitative estimate of drug-likeness (QED) is 0.798. The number of likely N-dealkylation sites (N-methyl/N-ethyl adjacent to an activating group) is 1. The minimum absolute atomic E-state index is 0.361. The molecule has 0 unspecified atom stereocenters. The van der Waals surface area contributed by atoms with Crippen molar-refractivity contribution in [3.05, 3.63) is 21.9 Å². The molecule has 0 saturated carbocycles. The highest BCUT2D eigenvalue weighted by atomic mass is 79.9. The highest BCUT2D eigenvalue weighted by molar-refractivity contribution is 9.10. The van der Waals surface area contributed by atoms with E-state index >= 15 is 0 Å². The summed E-state index contributed by atoms with van der Waals surface area (Å²) in [6.07, 6.45) is 1.62. The number of ether oxygens (including phenoxy) is 1. The van der Waals surface area contributed by atoms with Crippen LogP contribution in [0.2, 0.25) is 5.15 Å². The highest BCUT2D eigenvalue weighted by Crippen LogP contribution is 2.24. The van der Waals surface area contributed by atoms with Crippen molar-refractivity contribution in [2.24, 2.45) is 0 Å². The van der Waals surface area contributed by atoms with Crippen LogP contribution >= 0.6 is 27.5 Å². The first-order valence-corrected chi connectivity index (χ1v) is 5.78. The van der Waals surface area contributed by atoms with Gasteiger partial charge in [0.2, 0.25) is 0 Å². The molecule has 84 valence electrons. The molecule has 1 aromatic rings. The van der Waals surface area contributed by atoms with Crippen molar-refractivity contribution in [3.63, 3.8) is 0 Å². The van der Waals surface area contributed by atoms with Gasteiger partial charge in [-0.1, -0.05) is 11.6 Å². The molecule has 0 aromatic carbocycles. The maximum absolute atomic E-state index is 5.77. The maximum atomic E-state index is 5.77. The van der Waals surface area contributed by atoms with Crippen molar-refractivity contribution in [3.8, 4) is 5.75 Å². The summed E-state index contributed by atoms with van der Waals surface area (Å²) in [5.41, 5.74) is 0. The van der Waals surface area contributed by atoms with Crippen molar-refractivity contribution in [2.45, 2.75) is 13.0 Å². The standard InChI is InChI=1S/C10H14BrClN2O/c1-7(14(2)3)6-15-8-4-9(11)10(12)13-5-8/h4-5,7H,6H2,1-3H3/t7-/m1/s1. The van der Waals surface area contributed by atoms with Gasteiger partial charge in [-0.15, -0.1) is 0 Å². The molecule has 0 aliphatic rings. The fourth-order valence-corrected chi connectivity index (χ4v) is 1.28. The minimum atomic E-state index is 0.361. The number of nitrogens with zero attached hydrogens (tertiary/aromatic N) is 2. The summed E-state index contributed by atoms with van der Waals surface area (Å²) in [5.74, 6) is 0.722. The zero-order valence-electron chi connectivity index (χ0n) is 9.00. The first kappa shape index (κ1) is 12.7. The Balaban J connectivity index is 2.55. The van der Waals surface area contributed by atoms with Crippen LogP contribution in [0.1, 0.15) is 6.92 Å². The summed E-state index contributed by atoms with van der Waals surface area (Å²) in [6, 6.07) is 2.18. The molecule has 0 aliphatic heterocycles. The van der Waals surface area contributed by atoms with Crippen LogP contribution in [0.15, 0.2) is 16.7 Å². The average molecular weight is 294 g/mol. The monoisotopic (exact) mass is 292 g/mol. The lowest BCUT2D eigenvalue weighted by Crippen LogP contribution is -2.30. The number of aromatic nitrogens is 1. The SMILES string of the molecule is C[C@H](COc1cnc(Cl)c(Br)c1)N(C)C. The van der Waals surface area contributed by atoms with Gasteiger partial charge in [-0.3, -0.25) is 0 Å². The predicted molar refractivity (Wildman–Crippen MR) is 65.6 cm³/mol. The van der Waals surface area contributed by atoms with E-state index in [4.69, 9.17) is 16.3 Å². The molecular formula is C10H14BrClN2O. The van der Waals surface area contributed by atoms with Crippen molar-refractivity contribution in [1.29, 1.82) is 0 Å².